The first-order valence-electron chi connectivity index (χ1n) is 13.0. The van der Waals surface area contributed by atoms with E-state index < -0.39 is 29.1 Å². The van der Waals surface area contributed by atoms with Gasteiger partial charge in [-0.25, -0.2) is 0 Å². The van der Waals surface area contributed by atoms with Gasteiger partial charge in [0, 0.05) is 38.5 Å². The monoisotopic (exact) mass is 509 g/mol. The molecular formula is C28H35N3O6. The van der Waals surface area contributed by atoms with Crippen molar-refractivity contribution in [2.75, 3.05) is 44.8 Å². The minimum absolute atomic E-state index is 0.117. The fraction of sp³-hybridized carbons (Fsp3) is 0.536. The number of carbonyl (C=O) groups excluding carboxylic acids is 3. The lowest BCUT2D eigenvalue weighted by atomic mass is 9.74. The highest BCUT2D eigenvalue weighted by Gasteiger charge is 2.74. The standard InChI is InChI=1S/C28H35N3O6/c1-4-14-29-15-5-12-27(2)21(24(29)33)22-25(34)31(17-7-18-32)23-26(35)30(16-6-13-28(22,23)37-27)19-8-10-20(36-3)11-9-19/h5-6,8-13,21-23,32H,4,7,14-18H2,1-3H3/t21-,22+,23?,27+,28+/m1/s1. The average Bonchev–Trinajstić information content (AvgIpc) is 3.16. The predicted molar refractivity (Wildman–Crippen MR) is 137 cm³/mol. The molecule has 9 heteroatoms. The van der Waals surface area contributed by atoms with Crippen molar-refractivity contribution < 1.29 is 29.0 Å². The third-order valence-corrected chi connectivity index (χ3v) is 8.08. The molecule has 0 aliphatic carbocycles. The second-order valence-electron chi connectivity index (χ2n) is 10.3. The van der Waals surface area contributed by atoms with E-state index in [1.54, 1.807) is 29.0 Å². The van der Waals surface area contributed by atoms with Crippen LogP contribution >= 0.6 is 0 Å². The zero-order chi connectivity index (χ0) is 26.4. The summed E-state index contributed by atoms with van der Waals surface area (Å²) in [5.41, 5.74) is -1.64. The Balaban J connectivity index is 1.60. The zero-order valence-corrected chi connectivity index (χ0v) is 21.6. The van der Waals surface area contributed by atoms with Crippen LogP contribution in [0, 0.1) is 11.8 Å². The number of aliphatic hydroxyl groups excluding tert-OH is 1. The fourth-order valence-corrected chi connectivity index (χ4v) is 6.52. The Hall–Kier alpha value is -3.17. The Bertz CT molecular complexity index is 1130. The van der Waals surface area contributed by atoms with E-state index in [0.717, 1.165) is 6.42 Å². The Labute approximate surface area is 217 Å². The predicted octanol–water partition coefficient (Wildman–Crippen LogP) is 1.76. The highest BCUT2D eigenvalue weighted by molar-refractivity contribution is 6.06. The SMILES string of the molecule is CCCN1CC=C[C@]2(C)O[C@]34C=CCN(c5ccc(OC)cc5)C(=O)C3N(CCCO)C(=O)[C@@H]4[C@@H]2C1=O. The summed E-state index contributed by atoms with van der Waals surface area (Å²) < 4.78 is 12.0. The lowest BCUT2D eigenvalue weighted by Gasteiger charge is -2.37. The van der Waals surface area contributed by atoms with Gasteiger partial charge < -0.3 is 29.3 Å². The number of likely N-dealkylation sites (tertiary alicyclic amines) is 1. The van der Waals surface area contributed by atoms with Gasteiger partial charge in [0.05, 0.1) is 24.5 Å². The lowest BCUT2D eigenvalue weighted by Crippen LogP contribution is -2.56. The lowest BCUT2D eigenvalue weighted by molar-refractivity contribution is -0.148. The van der Waals surface area contributed by atoms with Crippen molar-refractivity contribution in [1.82, 2.24) is 9.80 Å². The first-order valence-corrected chi connectivity index (χ1v) is 13.0. The van der Waals surface area contributed by atoms with E-state index in [1.807, 2.05) is 50.3 Å². The molecule has 4 heterocycles. The summed E-state index contributed by atoms with van der Waals surface area (Å²) in [6.07, 6.45) is 8.65. The van der Waals surface area contributed by atoms with E-state index in [2.05, 4.69) is 0 Å². The van der Waals surface area contributed by atoms with Crippen molar-refractivity contribution in [3.8, 4) is 5.75 Å². The summed E-state index contributed by atoms with van der Waals surface area (Å²) in [6, 6.07) is 6.24. The van der Waals surface area contributed by atoms with Crippen molar-refractivity contribution in [3.05, 3.63) is 48.6 Å². The summed E-state index contributed by atoms with van der Waals surface area (Å²) in [6.45, 7) is 5.30. The largest absolute Gasteiger partial charge is 0.497 e. The Morgan fingerprint density at radius 1 is 1.00 bits per heavy atom. The molecule has 2 saturated heterocycles. The summed E-state index contributed by atoms with van der Waals surface area (Å²) in [7, 11) is 1.58. The van der Waals surface area contributed by atoms with Crippen LogP contribution in [0.2, 0.25) is 0 Å². The molecule has 5 atom stereocenters. The maximum Gasteiger partial charge on any atom is 0.253 e. The van der Waals surface area contributed by atoms with E-state index in [1.165, 1.54) is 4.90 Å². The molecule has 1 aromatic carbocycles. The molecular weight excluding hydrogens is 474 g/mol. The first kappa shape index (κ1) is 25.5. The second-order valence-corrected chi connectivity index (χ2v) is 10.3. The summed E-state index contributed by atoms with van der Waals surface area (Å²) in [4.78, 5) is 47.2. The van der Waals surface area contributed by atoms with E-state index in [0.29, 0.717) is 37.5 Å². The van der Waals surface area contributed by atoms with E-state index in [-0.39, 0.29) is 30.9 Å². The van der Waals surface area contributed by atoms with Crippen LogP contribution < -0.4 is 9.64 Å². The van der Waals surface area contributed by atoms with E-state index >= 15 is 0 Å². The van der Waals surface area contributed by atoms with E-state index in [9.17, 15) is 19.5 Å². The van der Waals surface area contributed by atoms with Crippen LogP contribution in [0.15, 0.2) is 48.6 Å². The van der Waals surface area contributed by atoms with Gasteiger partial charge in [0.1, 0.15) is 17.4 Å². The molecule has 37 heavy (non-hydrogen) atoms. The summed E-state index contributed by atoms with van der Waals surface area (Å²) >= 11 is 0. The van der Waals surface area contributed by atoms with Crippen LogP contribution in [0.25, 0.3) is 0 Å². The first-order chi connectivity index (χ1) is 17.8. The van der Waals surface area contributed by atoms with Gasteiger partial charge in [-0.15, -0.1) is 0 Å². The number of hydrogen-bond donors (Lipinski definition) is 1. The van der Waals surface area contributed by atoms with E-state index in [4.69, 9.17) is 9.47 Å². The maximum atomic E-state index is 14.3. The second kappa shape index (κ2) is 9.61. The van der Waals surface area contributed by atoms with Gasteiger partial charge in [0.25, 0.3) is 5.91 Å². The number of hydrogen-bond acceptors (Lipinski definition) is 6. The van der Waals surface area contributed by atoms with Crippen LogP contribution in [-0.4, -0.2) is 89.8 Å². The smallest absolute Gasteiger partial charge is 0.253 e. The fourth-order valence-electron chi connectivity index (χ4n) is 6.52. The molecule has 0 saturated carbocycles. The van der Waals surface area contributed by atoms with Crippen LogP contribution in [-0.2, 0) is 19.1 Å². The molecule has 3 amide bonds. The van der Waals surface area contributed by atoms with Gasteiger partial charge in [-0.1, -0.05) is 31.2 Å². The highest BCUT2D eigenvalue weighted by Crippen LogP contribution is 2.57. The van der Waals surface area contributed by atoms with Crippen LogP contribution in [0.3, 0.4) is 0 Å². The number of benzene rings is 1. The molecule has 4 aliphatic rings. The van der Waals surface area contributed by atoms with Gasteiger partial charge >= 0.3 is 0 Å². The highest BCUT2D eigenvalue weighted by atomic mass is 16.5. The number of aliphatic hydroxyl groups is 1. The van der Waals surface area contributed by atoms with Crippen molar-refractivity contribution in [2.45, 2.75) is 43.9 Å². The van der Waals surface area contributed by atoms with Gasteiger partial charge in [-0.05, 0) is 44.0 Å². The maximum absolute atomic E-state index is 14.3. The molecule has 2 fully saturated rings. The molecule has 1 unspecified atom stereocenters. The Morgan fingerprint density at radius 3 is 2.41 bits per heavy atom. The number of methoxy groups -OCH3 is 1. The Kier molecular flexibility index (Phi) is 6.62. The van der Waals surface area contributed by atoms with Crippen LogP contribution in [0.5, 0.6) is 5.75 Å². The van der Waals surface area contributed by atoms with Crippen molar-refractivity contribution in [1.29, 1.82) is 0 Å². The number of anilines is 1. The average molecular weight is 510 g/mol. The molecule has 0 aromatic heterocycles. The third kappa shape index (κ3) is 3.87. The molecule has 4 aliphatic heterocycles. The summed E-state index contributed by atoms with van der Waals surface area (Å²) in [5, 5.41) is 9.55. The van der Waals surface area contributed by atoms with Gasteiger partial charge in [-0.2, -0.15) is 0 Å². The molecule has 1 N–H and O–H groups in total. The minimum Gasteiger partial charge on any atom is -0.497 e. The van der Waals surface area contributed by atoms with Crippen molar-refractivity contribution >= 4 is 23.4 Å². The molecule has 0 bridgehead atoms. The van der Waals surface area contributed by atoms with Crippen molar-refractivity contribution in [3.63, 3.8) is 0 Å². The summed E-state index contributed by atoms with van der Waals surface area (Å²) in [5.74, 6) is -1.59. The topological polar surface area (TPSA) is 99.6 Å². The van der Waals surface area contributed by atoms with Crippen LogP contribution in [0.4, 0.5) is 5.69 Å². The van der Waals surface area contributed by atoms with Crippen LogP contribution in [0.1, 0.15) is 26.7 Å². The number of ether oxygens (including phenoxy) is 2. The molecule has 9 nitrogen and oxygen atoms in total. The quantitative estimate of drug-likeness (QED) is 0.563. The van der Waals surface area contributed by atoms with Gasteiger partial charge in [0.2, 0.25) is 11.8 Å². The number of nitrogens with zero attached hydrogens (tertiary/aromatic N) is 3. The minimum atomic E-state index is -1.29. The Morgan fingerprint density at radius 2 is 1.73 bits per heavy atom. The zero-order valence-electron chi connectivity index (χ0n) is 21.6. The molecule has 1 aromatic rings. The number of rotatable bonds is 7. The number of carbonyl (C=O) groups is 3. The van der Waals surface area contributed by atoms with Crippen molar-refractivity contribution in [2.24, 2.45) is 11.8 Å². The molecule has 198 valence electrons. The molecule has 0 radical (unpaired) electrons. The normalized spacial score (nSPS) is 32.8. The number of fused-ring (bicyclic) bond motifs is 2. The number of amides is 3. The molecule has 1 spiro atoms. The van der Waals surface area contributed by atoms with Gasteiger partial charge in [-0.3, -0.25) is 14.4 Å². The molecule has 5 rings (SSSR count). The third-order valence-electron chi connectivity index (χ3n) is 8.08. The van der Waals surface area contributed by atoms with Gasteiger partial charge in [0.15, 0.2) is 0 Å².